The first-order valence-corrected chi connectivity index (χ1v) is 11.3. The minimum absolute atomic E-state index is 0.158. The molecule has 154 valence electrons. The lowest BCUT2D eigenvalue weighted by molar-refractivity contribution is 0.0962. The molecule has 1 heterocycles. The van der Waals surface area contributed by atoms with E-state index in [9.17, 15) is 13.2 Å². The molecular formula is C19H22N4O4S2. The van der Waals surface area contributed by atoms with Crippen LogP contribution in [0.15, 0.2) is 47.4 Å². The number of nitrogens with zero attached hydrogens (tertiary/aromatic N) is 2. The maximum Gasteiger partial charge on any atom is 0.269 e. The van der Waals surface area contributed by atoms with Crippen molar-refractivity contribution < 1.29 is 17.9 Å². The average molecular weight is 435 g/mol. The van der Waals surface area contributed by atoms with Crippen molar-refractivity contribution in [2.24, 2.45) is 0 Å². The van der Waals surface area contributed by atoms with Crippen molar-refractivity contribution in [2.75, 3.05) is 25.6 Å². The van der Waals surface area contributed by atoms with Crippen LogP contribution in [0.4, 0.5) is 5.13 Å². The second-order valence-electron chi connectivity index (χ2n) is 6.05. The number of aromatic nitrogens is 1. The number of anilines is 1. The Balaban J connectivity index is 1.68. The van der Waals surface area contributed by atoms with E-state index in [1.165, 1.54) is 39.9 Å². The van der Waals surface area contributed by atoms with Gasteiger partial charge < -0.3 is 4.74 Å². The molecule has 0 saturated carbocycles. The van der Waals surface area contributed by atoms with Gasteiger partial charge in [-0.15, -0.1) is 0 Å². The summed E-state index contributed by atoms with van der Waals surface area (Å²) in [6, 6.07) is 11.4. The molecule has 1 amide bonds. The summed E-state index contributed by atoms with van der Waals surface area (Å²) in [7, 11) is -1.95. The highest BCUT2D eigenvalue weighted by atomic mass is 32.2. The van der Waals surface area contributed by atoms with Crippen LogP contribution in [-0.4, -0.2) is 43.8 Å². The van der Waals surface area contributed by atoms with Gasteiger partial charge in [-0.25, -0.2) is 13.4 Å². The fourth-order valence-corrected chi connectivity index (χ4v) is 5.06. The molecule has 1 aromatic heterocycles. The SMILES string of the molecule is CCN(CC)S(=O)(=O)c1ccc(C(=O)NNc2nc3ccc(OC)cc3s2)cc1. The number of ether oxygens (including phenoxy) is 1. The van der Waals surface area contributed by atoms with Gasteiger partial charge in [0.25, 0.3) is 5.91 Å². The topological polar surface area (TPSA) is 101 Å². The maximum absolute atomic E-state index is 12.5. The highest BCUT2D eigenvalue weighted by Gasteiger charge is 2.21. The number of benzene rings is 2. The third-order valence-electron chi connectivity index (χ3n) is 4.34. The number of sulfonamides is 1. The molecule has 0 spiro atoms. The van der Waals surface area contributed by atoms with Crippen molar-refractivity contribution in [1.29, 1.82) is 0 Å². The van der Waals surface area contributed by atoms with Crippen LogP contribution in [0.2, 0.25) is 0 Å². The normalized spacial score (nSPS) is 11.6. The zero-order valence-corrected chi connectivity index (χ0v) is 17.9. The Bertz CT molecular complexity index is 1110. The number of hydrazine groups is 1. The number of hydrogen-bond acceptors (Lipinski definition) is 7. The Morgan fingerprint density at radius 3 is 2.45 bits per heavy atom. The molecule has 3 aromatic rings. The summed E-state index contributed by atoms with van der Waals surface area (Å²) in [5.74, 6) is 0.338. The third-order valence-corrected chi connectivity index (χ3v) is 7.34. The maximum atomic E-state index is 12.5. The summed E-state index contributed by atoms with van der Waals surface area (Å²) in [4.78, 5) is 16.9. The van der Waals surface area contributed by atoms with Crippen LogP contribution in [0, 0.1) is 0 Å². The zero-order valence-electron chi connectivity index (χ0n) is 16.3. The third kappa shape index (κ3) is 4.50. The van der Waals surface area contributed by atoms with Crippen molar-refractivity contribution in [1.82, 2.24) is 14.7 Å². The highest BCUT2D eigenvalue weighted by molar-refractivity contribution is 7.89. The van der Waals surface area contributed by atoms with Crippen LogP contribution < -0.4 is 15.6 Å². The van der Waals surface area contributed by atoms with Crippen molar-refractivity contribution in [2.45, 2.75) is 18.7 Å². The number of nitrogens with one attached hydrogen (secondary N) is 2. The number of carbonyl (C=O) groups is 1. The smallest absolute Gasteiger partial charge is 0.269 e. The first-order chi connectivity index (χ1) is 13.9. The van der Waals surface area contributed by atoms with E-state index in [4.69, 9.17) is 4.74 Å². The standard InChI is InChI=1S/C19H22N4O4S2/c1-4-23(5-2)29(25,26)15-9-6-13(7-10-15)18(24)21-22-19-20-16-11-8-14(27-3)12-17(16)28-19/h6-12H,4-5H2,1-3H3,(H,20,22)(H,21,24). The quantitative estimate of drug-likeness (QED) is 0.529. The lowest BCUT2D eigenvalue weighted by atomic mass is 10.2. The summed E-state index contributed by atoms with van der Waals surface area (Å²) in [6.45, 7) is 4.34. The number of carbonyl (C=O) groups excluding carboxylic acids is 1. The summed E-state index contributed by atoms with van der Waals surface area (Å²) in [5.41, 5.74) is 6.49. The molecule has 0 unspecified atom stereocenters. The number of hydrogen-bond donors (Lipinski definition) is 2. The number of fused-ring (bicyclic) bond motifs is 1. The van der Waals surface area contributed by atoms with Gasteiger partial charge in [0.1, 0.15) is 5.75 Å². The van der Waals surface area contributed by atoms with E-state index in [1.807, 2.05) is 18.2 Å². The Morgan fingerprint density at radius 2 is 1.83 bits per heavy atom. The second-order valence-corrected chi connectivity index (χ2v) is 9.01. The molecule has 0 radical (unpaired) electrons. The molecule has 2 aromatic carbocycles. The Kier molecular flexibility index (Phi) is 6.36. The van der Waals surface area contributed by atoms with Gasteiger partial charge in [0.2, 0.25) is 15.2 Å². The largest absolute Gasteiger partial charge is 0.497 e. The molecule has 0 fully saturated rings. The number of amides is 1. The fraction of sp³-hybridized carbons (Fsp3) is 0.263. The van der Waals surface area contributed by atoms with Crippen molar-refractivity contribution >= 4 is 42.6 Å². The van der Waals surface area contributed by atoms with Gasteiger partial charge in [0.05, 0.1) is 22.2 Å². The molecule has 29 heavy (non-hydrogen) atoms. The molecular weight excluding hydrogens is 412 g/mol. The fourth-order valence-electron chi connectivity index (χ4n) is 2.76. The molecule has 0 bridgehead atoms. The molecule has 0 aliphatic heterocycles. The Hall–Kier alpha value is -2.69. The van der Waals surface area contributed by atoms with E-state index >= 15 is 0 Å². The summed E-state index contributed by atoms with van der Waals surface area (Å²) in [5, 5.41) is 0.530. The zero-order chi connectivity index (χ0) is 21.0. The van der Waals surface area contributed by atoms with E-state index in [-0.39, 0.29) is 4.90 Å². The van der Waals surface area contributed by atoms with Crippen molar-refractivity contribution in [3.63, 3.8) is 0 Å². The van der Waals surface area contributed by atoms with E-state index in [2.05, 4.69) is 15.8 Å². The minimum Gasteiger partial charge on any atom is -0.497 e. The molecule has 0 aliphatic carbocycles. The van der Waals surface area contributed by atoms with Crippen LogP contribution in [-0.2, 0) is 10.0 Å². The molecule has 8 nitrogen and oxygen atoms in total. The van der Waals surface area contributed by atoms with Crippen molar-refractivity contribution in [3.05, 3.63) is 48.0 Å². The van der Waals surface area contributed by atoms with Crippen LogP contribution in [0.25, 0.3) is 10.2 Å². The molecule has 0 aliphatic rings. The first kappa shape index (κ1) is 21.0. The highest BCUT2D eigenvalue weighted by Crippen LogP contribution is 2.28. The predicted octanol–water partition coefficient (Wildman–Crippen LogP) is 3.09. The van der Waals surface area contributed by atoms with Crippen molar-refractivity contribution in [3.8, 4) is 5.75 Å². The predicted molar refractivity (Wildman–Crippen MR) is 114 cm³/mol. The van der Waals surface area contributed by atoms with E-state index in [0.717, 1.165) is 16.0 Å². The van der Waals surface area contributed by atoms with E-state index < -0.39 is 15.9 Å². The van der Waals surface area contributed by atoms with Gasteiger partial charge in [-0.2, -0.15) is 4.31 Å². The van der Waals surface area contributed by atoms with Gasteiger partial charge in [-0.3, -0.25) is 15.6 Å². The minimum atomic E-state index is -3.55. The Morgan fingerprint density at radius 1 is 1.14 bits per heavy atom. The number of methoxy groups -OCH3 is 1. The lowest BCUT2D eigenvalue weighted by Gasteiger charge is -2.18. The average Bonchev–Trinajstić information content (AvgIpc) is 3.14. The monoisotopic (exact) mass is 434 g/mol. The molecule has 0 atom stereocenters. The van der Waals surface area contributed by atoms with E-state index in [0.29, 0.717) is 23.8 Å². The van der Waals surface area contributed by atoms with Crippen LogP contribution >= 0.6 is 11.3 Å². The lowest BCUT2D eigenvalue weighted by Crippen LogP contribution is -2.31. The summed E-state index contributed by atoms with van der Waals surface area (Å²) in [6.07, 6.45) is 0. The van der Waals surface area contributed by atoms with Gasteiger partial charge in [0.15, 0.2) is 0 Å². The van der Waals surface area contributed by atoms with Gasteiger partial charge >= 0.3 is 0 Å². The van der Waals surface area contributed by atoms with E-state index in [1.54, 1.807) is 21.0 Å². The van der Waals surface area contributed by atoms with Gasteiger partial charge in [-0.05, 0) is 42.5 Å². The van der Waals surface area contributed by atoms with Crippen LogP contribution in [0.5, 0.6) is 5.75 Å². The Labute approximate surface area is 173 Å². The van der Waals surface area contributed by atoms with Gasteiger partial charge in [-0.1, -0.05) is 25.2 Å². The molecule has 0 saturated heterocycles. The summed E-state index contributed by atoms with van der Waals surface area (Å²) < 4.78 is 32.5. The summed E-state index contributed by atoms with van der Waals surface area (Å²) >= 11 is 1.38. The number of rotatable bonds is 8. The van der Waals surface area contributed by atoms with Crippen LogP contribution in [0.3, 0.4) is 0 Å². The number of thiazole rings is 1. The molecule has 2 N–H and O–H groups in total. The molecule has 3 rings (SSSR count). The van der Waals surface area contributed by atoms with Gasteiger partial charge in [0, 0.05) is 18.7 Å². The first-order valence-electron chi connectivity index (χ1n) is 9.00. The van der Waals surface area contributed by atoms with Crippen LogP contribution in [0.1, 0.15) is 24.2 Å². The molecule has 10 heteroatoms. The second kappa shape index (κ2) is 8.76.